The Bertz CT molecular complexity index is 1210. The lowest BCUT2D eigenvalue weighted by Gasteiger charge is -2.29. The SMILES string of the molecule is O=C(CN1C(=O)CSc2ccc(S(=O)(=O)N3CCCC3)cc21)NCc1ccc2c(c1)OCO2. The van der Waals surface area contributed by atoms with Crippen molar-refractivity contribution in [1.29, 1.82) is 0 Å². The van der Waals surface area contributed by atoms with E-state index in [9.17, 15) is 18.0 Å². The summed E-state index contributed by atoms with van der Waals surface area (Å²) in [4.78, 5) is 27.6. The average Bonchev–Trinajstić information content (AvgIpc) is 3.51. The Labute approximate surface area is 196 Å². The number of ether oxygens (including phenoxy) is 2. The summed E-state index contributed by atoms with van der Waals surface area (Å²) in [6, 6.07) is 10.2. The second kappa shape index (κ2) is 8.88. The molecule has 0 radical (unpaired) electrons. The Kier molecular flexibility index (Phi) is 5.94. The second-order valence-corrected chi connectivity index (χ2v) is 10.9. The molecule has 3 heterocycles. The number of amides is 2. The summed E-state index contributed by atoms with van der Waals surface area (Å²) in [5.41, 5.74) is 1.29. The van der Waals surface area contributed by atoms with Crippen molar-refractivity contribution in [3.05, 3.63) is 42.0 Å². The lowest BCUT2D eigenvalue weighted by atomic mass is 10.2. The molecule has 9 nitrogen and oxygen atoms in total. The third kappa shape index (κ3) is 4.40. The van der Waals surface area contributed by atoms with Crippen molar-refractivity contribution in [2.24, 2.45) is 0 Å². The topological polar surface area (TPSA) is 105 Å². The van der Waals surface area contributed by atoms with Crippen LogP contribution in [0.1, 0.15) is 18.4 Å². The van der Waals surface area contributed by atoms with Crippen LogP contribution in [-0.4, -0.2) is 56.7 Å². The predicted molar refractivity (Wildman–Crippen MR) is 122 cm³/mol. The number of benzene rings is 2. The van der Waals surface area contributed by atoms with Crippen LogP contribution in [0.5, 0.6) is 11.5 Å². The molecule has 2 aromatic rings. The number of rotatable bonds is 6. The number of nitrogens with zero attached hydrogens (tertiary/aromatic N) is 2. The first kappa shape index (κ1) is 22.1. The van der Waals surface area contributed by atoms with Gasteiger partial charge in [-0.05, 0) is 48.7 Å². The maximum Gasteiger partial charge on any atom is 0.243 e. The van der Waals surface area contributed by atoms with Gasteiger partial charge < -0.3 is 19.7 Å². The first-order valence-corrected chi connectivity index (χ1v) is 13.1. The number of carbonyl (C=O) groups excluding carboxylic acids is 2. The Balaban J connectivity index is 1.31. The number of nitrogens with one attached hydrogen (secondary N) is 1. The third-order valence-electron chi connectivity index (χ3n) is 5.80. The molecule has 1 fully saturated rings. The van der Waals surface area contributed by atoms with Crippen LogP contribution in [0.15, 0.2) is 46.2 Å². The van der Waals surface area contributed by atoms with Crippen molar-refractivity contribution >= 4 is 39.3 Å². The van der Waals surface area contributed by atoms with E-state index in [4.69, 9.17) is 9.47 Å². The standard InChI is InChI=1S/C22H23N3O6S2/c26-21(23-11-15-3-5-18-19(9-15)31-14-30-18)12-25-17-10-16(4-6-20(17)32-13-22(25)27)33(28,29)24-7-1-2-8-24/h3-6,9-10H,1-2,7-8,11-14H2,(H,23,26). The van der Waals surface area contributed by atoms with Gasteiger partial charge in [0.1, 0.15) is 6.54 Å². The van der Waals surface area contributed by atoms with Gasteiger partial charge in [0.25, 0.3) is 0 Å². The molecule has 1 N–H and O–H groups in total. The van der Waals surface area contributed by atoms with Crippen molar-refractivity contribution in [3.8, 4) is 11.5 Å². The van der Waals surface area contributed by atoms with Crippen molar-refractivity contribution in [2.45, 2.75) is 29.2 Å². The Hall–Kier alpha value is -2.76. The number of sulfonamides is 1. The van der Waals surface area contributed by atoms with Crippen molar-refractivity contribution < 1.29 is 27.5 Å². The highest BCUT2D eigenvalue weighted by atomic mass is 32.2. The van der Waals surface area contributed by atoms with E-state index < -0.39 is 10.0 Å². The van der Waals surface area contributed by atoms with Crippen LogP contribution >= 0.6 is 11.8 Å². The van der Waals surface area contributed by atoms with Crippen molar-refractivity contribution in [2.75, 3.05) is 37.1 Å². The maximum atomic E-state index is 13.0. The van der Waals surface area contributed by atoms with E-state index in [1.54, 1.807) is 24.3 Å². The molecule has 33 heavy (non-hydrogen) atoms. The predicted octanol–water partition coefficient (Wildman–Crippen LogP) is 1.95. The molecule has 0 unspecified atom stereocenters. The monoisotopic (exact) mass is 489 g/mol. The van der Waals surface area contributed by atoms with Gasteiger partial charge in [-0.1, -0.05) is 6.07 Å². The molecule has 174 valence electrons. The molecule has 1 saturated heterocycles. The first-order valence-electron chi connectivity index (χ1n) is 10.6. The van der Waals surface area contributed by atoms with Crippen LogP contribution in [0.25, 0.3) is 0 Å². The molecule has 0 aliphatic carbocycles. The zero-order valence-electron chi connectivity index (χ0n) is 17.8. The molecular weight excluding hydrogens is 466 g/mol. The Morgan fingerprint density at radius 3 is 2.67 bits per heavy atom. The molecular formula is C22H23N3O6S2. The minimum absolute atomic E-state index is 0.143. The first-order chi connectivity index (χ1) is 15.9. The molecule has 5 rings (SSSR count). The highest BCUT2D eigenvalue weighted by molar-refractivity contribution is 8.00. The average molecular weight is 490 g/mol. The van der Waals surface area contributed by atoms with E-state index >= 15 is 0 Å². The fourth-order valence-electron chi connectivity index (χ4n) is 4.04. The van der Waals surface area contributed by atoms with E-state index in [1.807, 2.05) is 6.07 Å². The zero-order chi connectivity index (χ0) is 23.0. The summed E-state index contributed by atoms with van der Waals surface area (Å²) in [7, 11) is -3.63. The van der Waals surface area contributed by atoms with Crippen molar-refractivity contribution in [3.63, 3.8) is 0 Å². The van der Waals surface area contributed by atoms with Gasteiger partial charge in [0.2, 0.25) is 28.6 Å². The summed E-state index contributed by atoms with van der Waals surface area (Å²) in [6.45, 7) is 1.25. The minimum Gasteiger partial charge on any atom is -0.454 e. The van der Waals surface area contributed by atoms with E-state index in [1.165, 1.54) is 27.0 Å². The number of carbonyl (C=O) groups is 2. The van der Waals surface area contributed by atoms with Gasteiger partial charge in [-0.25, -0.2) is 8.42 Å². The molecule has 3 aliphatic heterocycles. The minimum atomic E-state index is -3.63. The zero-order valence-corrected chi connectivity index (χ0v) is 19.4. The van der Waals surface area contributed by atoms with Crippen LogP contribution in [0, 0.1) is 0 Å². The highest BCUT2D eigenvalue weighted by Gasteiger charge is 2.31. The highest BCUT2D eigenvalue weighted by Crippen LogP contribution is 2.37. The molecule has 2 aromatic carbocycles. The normalized spacial score (nSPS) is 17.8. The quantitative estimate of drug-likeness (QED) is 0.661. The number of hydrogen-bond acceptors (Lipinski definition) is 7. The molecule has 0 aromatic heterocycles. The second-order valence-electron chi connectivity index (χ2n) is 7.97. The van der Waals surface area contributed by atoms with Gasteiger partial charge in [-0.3, -0.25) is 9.59 Å². The van der Waals surface area contributed by atoms with E-state index in [0.29, 0.717) is 30.3 Å². The summed E-state index contributed by atoms with van der Waals surface area (Å²) >= 11 is 1.34. The molecule has 0 atom stereocenters. The third-order valence-corrected chi connectivity index (χ3v) is 8.75. The van der Waals surface area contributed by atoms with Crippen molar-refractivity contribution in [1.82, 2.24) is 9.62 Å². The maximum absolute atomic E-state index is 13.0. The number of fused-ring (bicyclic) bond motifs is 2. The summed E-state index contributed by atoms with van der Waals surface area (Å²) < 4.78 is 38.1. The lowest BCUT2D eigenvalue weighted by Crippen LogP contribution is -2.43. The van der Waals surface area contributed by atoms with Crippen LogP contribution in [-0.2, 0) is 26.2 Å². The fourth-order valence-corrected chi connectivity index (χ4v) is 6.50. The smallest absolute Gasteiger partial charge is 0.243 e. The van der Waals surface area contributed by atoms with Gasteiger partial charge >= 0.3 is 0 Å². The van der Waals surface area contributed by atoms with E-state index in [-0.39, 0.29) is 42.3 Å². The Morgan fingerprint density at radius 2 is 1.85 bits per heavy atom. The summed E-state index contributed by atoms with van der Waals surface area (Å²) in [6.07, 6.45) is 1.68. The number of anilines is 1. The van der Waals surface area contributed by atoms with Gasteiger partial charge in [0, 0.05) is 24.5 Å². The summed E-state index contributed by atoms with van der Waals surface area (Å²) in [5.74, 6) is 0.914. The molecule has 3 aliphatic rings. The molecule has 11 heteroatoms. The van der Waals surface area contributed by atoms with Gasteiger partial charge in [-0.15, -0.1) is 11.8 Å². The van der Waals surface area contributed by atoms with Crippen LogP contribution < -0.4 is 19.7 Å². The number of hydrogen-bond donors (Lipinski definition) is 1. The molecule has 2 amide bonds. The molecule has 0 bridgehead atoms. The fraction of sp³-hybridized carbons (Fsp3) is 0.364. The summed E-state index contributed by atoms with van der Waals surface area (Å²) in [5, 5.41) is 2.82. The van der Waals surface area contributed by atoms with Gasteiger partial charge in [0.05, 0.1) is 16.3 Å². The molecule has 0 saturated carbocycles. The van der Waals surface area contributed by atoms with E-state index in [0.717, 1.165) is 23.3 Å². The van der Waals surface area contributed by atoms with Gasteiger partial charge in [0.15, 0.2) is 11.5 Å². The van der Waals surface area contributed by atoms with Gasteiger partial charge in [-0.2, -0.15) is 4.31 Å². The van der Waals surface area contributed by atoms with Crippen LogP contribution in [0.2, 0.25) is 0 Å². The largest absolute Gasteiger partial charge is 0.454 e. The van der Waals surface area contributed by atoms with Crippen LogP contribution in [0.3, 0.4) is 0 Å². The van der Waals surface area contributed by atoms with Crippen LogP contribution in [0.4, 0.5) is 5.69 Å². The lowest BCUT2D eigenvalue weighted by molar-refractivity contribution is -0.123. The molecule has 0 spiro atoms. The Morgan fingerprint density at radius 1 is 1.06 bits per heavy atom. The van der Waals surface area contributed by atoms with E-state index in [2.05, 4.69) is 5.32 Å². The number of thioether (sulfide) groups is 1.